The molecule has 186 valence electrons. The molecule has 1 unspecified atom stereocenters. The molecule has 0 bridgehead atoms. The van der Waals surface area contributed by atoms with E-state index < -0.39 is 17.7 Å². The molecule has 4 aromatic rings. The molecule has 0 radical (unpaired) electrons. The van der Waals surface area contributed by atoms with Crippen LogP contribution in [0.2, 0.25) is 5.02 Å². The standard InChI is InChI=1S/C29H23ClN2O4S/c1-4-13-36-21-11-7-18(8-12-21)25-23(26(33)19-5-9-20(30)10-6-19)27(34)28(35)32(25)29-31-24-17(3)14-16(2)15-22(24)37-29/h4-12,14-15,25,33H,1,13H2,2-3H3/b26-23+. The van der Waals surface area contributed by atoms with Crippen molar-refractivity contribution in [2.75, 3.05) is 11.5 Å². The van der Waals surface area contributed by atoms with Gasteiger partial charge in [0, 0.05) is 10.6 Å². The van der Waals surface area contributed by atoms with Gasteiger partial charge in [-0.2, -0.15) is 0 Å². The zero-order valence-electron chi connectivity index (χ0n) is 20.2. The number of carbonyl (C=O) groups is 2. The first-order chi connectivity index (χ1) is 17.8. The maximum absolute atomic E-state index is 13.5. The minimum absolute atomic E-state index is 0.0146. The van der Waals surface area contributed by atoms with Crippen LogP contribution in [-0.2, 0) is 9.59 Å². The molecule has 1 fully saturated rings. The van der Waals surface area contributed by atoms with Gasteiger partial charge < -0.3 is 9.84 Å². The molecule has 0 saturated carbocycles. The summed E-state index contributed by atoms with van der Waals surface area (Å²) in [4.78, 5) is 33.0. The highest BCUT2D eigenvalue weighted by Gasteiger charge is 2.48. The summed E-state index contributed by atoms with van der Waals surface area (Å²) in [7, 11) is 0. The van der Waals surface area contributed by atoms with Crippen molar-refractivity contribution in [3.8, 4) is 5.75 Å². The molecular weight excluding hydrogens is 508 g/mol. The van der Waals surface area contributed by atoms with Crippen molar-refractivity contribution in [2.45, 2.75) is 19.9 Å². The van der Waals surface area contributed by atoms with Gasteiger partial charge in [-0.1, -0.05) is 53.8 Å². The zero-order chi connectivity index (χ0) is 26.3. The van der Waals surface area contributed by atoms with Crippen LogP contribution in [0.5, 0.6) is 5.75 Å². The minimum atomic E-state index is -0.883. The smallest absolute Gasteiger partial charge is 0.301 e. The van der Waals surface area contributed by atoms with E-state index in [2.05, 4.69) is 6.58 Å². The first-order valence-electron chi connectivity index (χ1n) is 11.6. The van der Waals surface area contributed by atoms with Gasteiger partial charge in [0.05, 0.1) is 21.8 Å². The second kappa shape index (κ2) is 9.84. The van der Waals surface area contributed by atoms with Gasteiger partial charge in [0.15, 0.2) is 5.13 Å². The number of thiazole rings is 1. The highest BCUT2D eigenvalue weighted by Crippen LogP contribution is 2.45. The molecule has 1 saturated heterocycles. The summed E-state index contributed by atoms with van der Waals surface area (Å²) >= 11 is 7.35. The number of aromatic nitrogens is 1. The number of aliphatic hydroxyl groups excluding tert-OH is 1. The maximum atomic E-state index is 13.5. The molecule has 8 heteroatoms. The van der Waals surface area contributed by atoms with Crippen LogP contribution in [0.4, 0.5) is 5.13 Å². The van der Waals surface area contributed by atoms with Crippen LogP contribution in [0, 0.1) is 13.8 Å². The Kier molecular flexibility index (Phi) is 6.58. The van der Waals surface area contributed by atoms with Crippen molar-refractivity contribution >= 4 is 55.7 Å². The maximum Gasteiger partial charge on any atom is 0.301 e. The third kappa shape index (κ3) is 4.52. The monoisotopic (exact) mass is 530 g/mol. The van der Waals surface area contributed by atoms with Crippen LogP contribution in [0.25, 0.3) is 16.0 Å². The fourth-order valence-corrected chi connectivity index (χ4v) is 5.77. The van der Waals surface area contributed by atoms with Crippen molar-refractivity contribution in [3.05, 3.63) is 106 Å². The van der Waals surface area contributed by atoms with E-state index in [1.54, 1.807) is 54.6 Å². The van der Waals surface area contributed by atoms with Crippen LogP contribution in [0.1, 0.15) is 28.3 Å². The van der Waals surface area contributed by atoms with Crippen molar-refractivity contribution in [2.24, 2.45) is 0 Å². The highest BCUT2D eigenvalue weighted by atomic mass is 35.5. The molecule has 1 aliphatic rings. The Bertz CT molecular complexity index is 1570. The summed E-state index contributed by atoms with van der Waals surface area (Å²) in [5.41, 5.74) is 3.84. The van der Waals surface area contributed by atoms with E-state index in [0.29, 0.717) is 33.6 Å². The molecular formula is C29H23ClN2O4S. The molecule has 37 heavy (non-hydrogen) atoms. The van der Waals surface area contributed by atoms with Crippen molar-refractivity contribution < 1.29 is 19.4 Å². The molecule has 1 aromatic heterocycles. The number of hydrogen-bond acceptors (Lipinski definition) is 6. The Balaban J connectivity index is 1.69. The number of nitrogens with zero attached hydrogens (tertiary/aromatic N) is 2. The topological polar surface area (TPSA) is 79.7 Å². The first kappa shape index (κ1) is 24.7. The van der Waals surface area contributed by atoms with Gasteiger partial charge in [0.25, 0.3) is 5.78 Å². The van der Waals surface area contributed by atoms with Crippen molar-refractivity contribution in [1.82, 2.24) is 4.98 Å². The Morgan fingerprint density at radius 1 is 1.14 bits per heavy atom. The van der Waals surface area contributed by atoms with E-state index in [1.807, 2.05) is 26.0 Å². The lowest BCUT2D eigenvalue weighted by molar-refractivity contribution is -0.132. The average Bonchev–Trinajstić information content (AvgIpc) is 3.41. The Hall–Kier alpha value is -3.94. The van der Waals surface area contributed by atoms with Gasteiger partial charge in [-0.3, -0.25) is 14.5 Å². The van der Waals surface area contributed by atoms with E-state index in [1.165, 1.54) is 16.2 Å². The van der Waals surface area contributed by atoms with Crippen LogP contribution < -0.4 is 9.64 Å². The molecule has 2 heterocycles. The summed E-state index contributed by atoms with van der Waals surface area (Å²) < 4.78 is 6.51. The number of carbonyl (C=O) groups excluding carboxylic acids is 2. The Morgan fingerprint density at radius 2 is 1.84 bits per heavy atom. The van der Waals surface area contributed by atoms with E-state index in [9.17, 15) is 14.7 Å². The number of aliphatic hydroxyl groups is 1. The zero-order valence-corrected chi connectivity index (χ0v) is 21.8. The summed E-state index contributed by atoms with van der Waals surface area (Å²) in [6, 6.07) is 16.7. The van der Waals surface area contributed by atoms with Gasteiger partial charge in [0.2, 0.25) is 0 Å². The number of anilines is 1. The third-order valence-electron chi connectivity index (χ3n) is 6.15. The van der Waals surface area contributed by atoms with Crippen LogP contribution in [0.15, 0.2) is 78.9 Å². The second-order valence-electron chi connectivity index (χ2n) is 8.77. The molecule has 5 rings (SSSR count). The number of aryl methyl sites for hydroxylation is 2. The highest BCUT2D eigenvalue weighted by molar-refractivity contribution is 7.22. The molecule has 1 atom stereocenters. The van der Waals surface area contributed by atoms with Crippen molar-refractivity contribution in [3.63, 3.8) is 0 Å². The molecule has 1 aliphatic heterocycles. The van der Waals surface area contributed by atoms with E-state index >= 15 is 0 Å². The lowest BCUT2D eigenvalue weighted by Crippen LogP contribution is -2.29. The van der Waals surface area contributed by atoms with Gasteiger partial charge in [-0.05, 0) is 73.0 Å². The summed E-state index contributed by atoms with van der Waals surface area (Å²) in [5.74, 6) is -1.19. The Morgan fingerprint density at radius 3 is 2.51 bits per heavy atom. The van der Waals surface area contributed by atoms with Crippen LogP contribution in [0.3, 0.4) is 0 Å². The fourth-order valence-electron chi connectivity index (χ4n) is 4.47. The SMILES string of the molecule is C=CCOc1ccc(C2/C(=C(\O)c3ccc(Cl)cc3)C(=O)C(=O)N2c2nc3c(C)cc(C)cc3s2)cc1. The number of hydrogen-bond donors (Lipinski definition) is 1. The second-order valence-corrected chi connectivity index (χ2v) is 10.2. The number of benzene rings is 3. The van der Waals surface area contributed by atoms with E-state index in [-0.39, 0.29) is 11.3 Å². The number of rotatable bonds is 6. The first-order valence-corrected chi connectivity index (χ1v) is 12.8. The third-order valence-corrected chi connectivity index (χ3v) is 7.40. The number of amides is 1. The summed E-state index contributed by atoms with van der Waals surface area (Å²) in [6.07, 6.45) is 1.64. The summed E-state index contributed by atoms with van der Waals surface area (Å²) in [6.45, 7) is 7.97. The predicted octanol–water partition coefficient (Wildman–Crippen LogP) is 6.76. The number of ketones is 1. The van der Waals surface area contributed by atoms with Gasteiger partial charge >= 0.3 is 5.91 Å². The normalized spacial score (nSPS) is 16.9. The lowest BCUT2D eigenvalue weighted by Gasteiger charge is -2.23. The predicted molar refractivity (Wildman–Crippen MR) is 147 cm³/mol. The van der Waals surface area contributed by atoms with Crippen LogP contribution >= 0.6 is 22.9 Å². The minimum Gasteiger partial charge on any atom is -0.507 e. The van der Waals surface area contributed by atoms with E-state index in [4.69, 9.17) is 21.3 Å². The molecule has 3 aromatic carbocycles. The molecule has 1 N–H and O–H groups in total. The number of ether oxygens (including phenoxy) is 1. The quantitative estimate of drug-likeness (QED) is 0.129. The average molecular weight is 531 g/mol. The van der Waals surface area contributed by atoms with Crippen molar-refractivity contribution in [1.29, 1.82) is 0 Å². The van der Waals surface area contributed by atoms with E-state index in [0.717, 1.165) is 21.3 Å². The largest absolute Gasteiger partial charge is 0.507 e. The van der Waals surface area contributed by atoms with Gasteiger partial charge in [-0.25, -0.2) is 4.98 Å². The fraction of sp³-hybridized carbons (Fsp3) is 0.138. The summed E-state index contributed by atoms with van der Waals surface area (Å²) in [5, 5.41) is 12.1. The number of halogens is 1. The van der Waals surface area contributed by atoms with Gasteiger partial charge in [0.1, 0.15) is 18.1 Å². The lowest BCUT2D eigenvalue weighted by atomic mass is 9.95. The number of Topliss-reactive ketones (excluding diaryl/α,β-unsaturated/α-hetero) is 1. The Labute approximate surface area is 223 Å². The molecule has 0 aliphatic carbocycles. The van der Waals surface area contributed by atoms with Crippen LogP contribution in [-0.4, -0.2) is 28.4 Å². The molecule has 0 spiro atoms. The molecule has 6 nitrogen and oxygen atoms in total. The molecule has 1 amide bonds. The number of fused-ring (bicyclic) bond motifs is 1. The van der Waals surface area contributed by atoms with Gasteiger partial charge in [-0.15, -0.1) is 0 Å².